The number of halogens is 1. The van der Waals surface area contributed by atoms with Gasteiger partial charge in [0.25, 0.3) is 0 Å². The van der Waals surface area contributed by atoms with Crippen LogP contribution in [0.2, 0.25) is 0 Å². The van der Waals surface area contributed by atoms with Gasteiger partial charge in [0.2, 0.25) is 0 Å². The van der Waals surface area contributed by atoms with Gasteiger partial charge in [-0.1, -0.05) is 42.1 Å². The van der Waals surface area contributed by atoms with Crippen molar-refractivity contribution in [2.24, 2.45) is 4.99 Å². The van der Waals surface area contributed by atoms with Crippen molar-refractivity contribution in [3.63, 3.8) is 0 Å². The highest BCUT2D eigenvalue weighted by Gasteiger charge is 2.20. The van der Waals surface area contributed by atoms with E-state index in [9.17, 15) is 4.79 Å². The van der Waals surface area contributed by atoms with Gasteiger partial charge in [-0.15, -0.1) is 17.0 Å². The Bertz CT molecular complexity index is 720. The first-order valence-corrected chi connectivity index (χ1v) is 8.88. The first kappa shape index (κ1) is 19.5. The molecule has 0 saturated heterocycles. The lowest BCUT2D eigenvalue weighted by atomic mass is 10.1. The number of rotatable bonds is 6. The lowest BCUT2D eigenvalue weighted by molar-refractivity contribution is 0.0962. The van der Waals surface area contributed by atoms with E-state index in [1.807, 2.05) is 42.5 Å². The third-order valence-electron chi connectivity index (χ3n) is 3.80. The van der Waals surface area contributed by atoms with Crippen LogP contribution in [0.4, 0.5) is 0 Å². The summed E-state index contributed by atoms with van der Waals surface area (Å²) >= 11 is 1.72. The molecule has 0 aliphatic carbocycles. The zero-order valence-electron chi connectivity index (χ0n) is 14.1. The van der Waals surface area contributed by atoms with E-state index >= 15 is 0 Å². The van der Waals surface area contributed by atoms with Gasteiger partial charge in [0.15, 0.2) is 11.0 Å². The van der Waals surface area contributed by atoms with Crippen molar-refractivity contribution in [3.8, 4) is 5.75 Å². The topological polar surface area (TPSA) is 41.9 Å². The minimum atomic E-state index is 0. The molecule has 4 nitrogen and oxygen atoms in total. The molecular formula is C19H21BrN2O2S. The lowest BCUT2D eigenvalue weighted by Gasteiger charge is -2.23. The van der Waals surface area contributed by atoms with Gasteiger partial charge in [-0.2, -0.15) is 0 Å². The predicted molar refractivity (Wildman–Crippen MR) is 109 cm³/mol. The molecule has 25 heavy (non-hydrogen) atoms. The third kappa shape index (κ3) is 5.34. The Labute approximate surface area is 163 Å². The van der Waals surface area contributed by atoms with Crippen LogP contribution < -0.4 is 4.74 Å². The Morgan fingerprint density at radius 1 is 1.16 bits per heavy atom. The van der Waals surface area contributed by atoms with Crippen molar-refractivity contribution in [1.29, 1.82) is 0 Å². The van der Waals surface area contributed by atoms with E-state index in [1.165, 1.54) is 5.56 Å². The number of Topliss-reactive ketones (excluding diaryl/α,β-unsaturated/α-hetero) is 1. The highest BCUT2D eigenvalue weighted by atomic mass is 79.9. The van der Waals surface area contributed by atoms with Crippen molar-refractivity contribution >= 4 is 39.7 Å². The summed E-state index contributed by atoms with van der Waals surface area (Å²) in [5, 5.41) is 0.959. The normalized spacial score (nSPS) is 12.9. The highest BCUT2D eigenvalue weighted by Crippen LogP contribution is 2.19. The van der Waals surface area contributed by atoms with Gasteiger partial charge < -0.3 is 9.64 Å². The summed E-state index contributed by atoms with van der Waals surface area (Å²) in [7, 11) is 1.62. The van der Waals surface area contributed by atoms with E-state index in [1.54, 1.807) is 18.9 Å². The lowest BCUT2D eigenvalue weighted by Crippen LogP contribution is -2.33. The number of hydrogen-bond acceptors (Lipinski definition) is 5. The maximum atomic E-state index is 12.7. The fraction of sp³-hybridized carbons (Fsp3) is 0.263. The van der Waals surface area contributed by atoms with Gasteiger partial charge in [0, 0.05) is 17.9 Å². The number of amidine groups is 1. The summed E-state index contributed by atoms with van der Waals surface area (Å²) in [5.41, 5.74) is 1.87. The van der Waals surface area contributed by atoms with Crippen molar-refractivity contribution in [3.05, 3.63) is 65.7 Å². The number of carbonyl (C=O) groups excluding carboxylic acids is 1. The number of ketones is 1. The molecule has 1 aliphatic rings. The molecule has 0 saturated carbocycles. The predicted octanol–water partition coefficient (Wildman–Crippen LogP) is 4.06. The molecule has 0 spiro atoms. The van der Waals surface area contributed by atoms with E-state index in [2.05, 4.69) is 22.0 Å². The Morgan fingerprint density at radius 3 is 2.48 bits per heavy atom. The minimum Gasteiger partial charge on any atom is -0.497 e. The quantitative estimate of drug-likeness (QED) is 0.660. The average molecular weight is 421 g/mol. The number of aliphatic imine (C=N–C) groups is 1. The Morgan fingerprint density at radius 2 is 1.88 bits per heavy atom. The number of thioether (sulfide) groups is 1. The Hall–Kier alpha value is -1.79. The Kier molecular flexibility index (Phi) is 7.52. The van der Waals surface area contributed by atoms with Crippen LogP contribution in [-0.4, -0.2) is 41.8 Å². The fourth-order valence-electron chi connectivity index (χ4n) is 2.55. The molecule has 0 N–H and O–H groups in total. The molecule has 0 unspecified atom stereocenters. The third-order valence-corrected chi connectivity index (χ3v) is 4.83. The zero-order valence-corrected chi connectivity index (χ0v) is 16.6. The van der Waals surface area contributed by atoms with E-state index in [-0.39, 0.29) is 22.8 Å². The first-order chi connectivity index (χ1) is 11.8. The molecule has 0 radical (unpaired) electrons. The molecule has 3 rings (SSSR count). The Balaban J connectivity index is 0.00000225. The van der Waals surface area contributed by atoms with Gasteiger partial charge in [0.1, 0.15) is 5.75 Å². The largest absolute Gasteiger partial charge is 0.497 e. The number of methoxy groups -OCH3 is 1. The van der Waals surface area contributed by atoms with Crippen LogP contribution in [0, 0.1) is 0 Å². The molecule has 1 aliphatic heterocycles. The van der Waals surface area contributed by atoms with E-state index < -0.39 is 0 Å². The summed E-state index contributed by atoms with van der Waals surface area (Å²) in [4.78, 5) is 19.3. The zero-order chi connectivity index (χ0) is 16.8. The van der Waals surface area contributed by atoms with Crippen LogP contribution in [0.15, 0.2) is 59.6 Å². The minimum absolute atomic E-state index is 0. The first-order valence-electron chi connectivity index (χ1n) is 7.89. The second-order valence-electron chi connectivity index (χ2n) is 5.51. The molecule has 2 aromatic rings. The number of benzene rings is 2. The molecule has 0 fully saturated rings. The van der Waals surface area contributed by atoms with Gasteiger partial charge >= 0.3 is 0 Å². The summed E-state index contributed by atoms with van der Waals surface area (Å²) in [5.74, 6) is 1.82. The molecule has 132 valence electrons. The van der Waals surface area contributed by atoms with Crippen molar-refractivity contribution in [1.82, 2.24) is 4.90 Å². The molecule has 2 aromatic carbocycles. The molecule has 0 bridgehead atoms. The number of carbonyl (C=O) groups is 1. The average Bonchev–Trinajstić information content (AvgIpc) is 3.17. The number of ether oxygens (including phenoxy) is 1. The standard InChI is InChI=1S/C19H20N2O2S.BrH/c1-23-17-9-7-16(8-10-17)18(22)14-21(19-20-11-12-24-19)13-15-5-3-2-4-6-15;/h2-10H,11-14H2,1H3;1H. The molecule has 1 heterocycles. The van der Waals surface area contributed by atoms with Crippen LogP contribution in [0.1, 0.15) is 15.9 Å². The van der Waals surface area contributed by atoms with Crippen molar-refractivity contribution in [2.45, 2.75) is 6.54 Å². The number of nitrogens with zero attached hydrogens (tertiary/aromatic N) is 2. The summed E-state index contributed by atoms with van der Waals surface area (Å²) < 4.78 is 5.15. The van der Waals surface area contributed by atoms with Crippen molar-refractivity contribution < 1.29 is 9.53 Å². The van der Waals surface area contributed by atoms with Crippen LogP contribution in [0.5, 0.6) is 5.75 Å². The van der Waals surface area contributed by atoms with Crippen LogP contribution in [0.25, 0.3) is 0 Å². The maximum Gasteiger partial charge on any atom is 0.182 e. The molecular weight excluding hydrogens is 400 g/mol. The SMILES string of the molecule is Br.COc1ccc(C(=O)CN(Cc2ccccc2)C2=NCCS2)cc1. The summed E-state index contributed by atoms with van der Waals surface area (Å²) in [6.45, 7) is 1.84. The molecule has 0 amide bonds. The molecule has 0 atom stereocenters. The monoisotopic (exact) mass is 420 g/mol. The molecule has 6 heteroatoms. The smallest absolute Gasteiger partial charge is 0.182 e. The molecule has 0 aromatic heterocycles. The van der Waals surface area contributed by atoms with E-state index in [0.717, 1.165) is 23.2 Å². The second-order valence-corrected chi connectivity index (χ2v) is 6.57. The van der Waals surface area contributed by atoms with Crippen LogP contribution in [-0.2, 0) is 6.54 Å². The van der Waals surface area contributed by atoms with Crippen molar-refractivity contribution in [2.75, 3.05) is 26.0 Å². The van der Waals surface area contributed by atoms with Gasteiger partial charge in [-0.3, -0.25) is 9.79 Å². The summed E-state index contributed by atoms with van der Waals surface area (Å²) in [6, 6.07) is 17.4. The highest BCUT2D eigenvalue weighted by molar-refractivity contribution is 8.93. The van der Waals surface area contributed by atoms with Gasteiger partial charge in [0.05, 0.1) is 20.2 Å². The van der Waals surface area contributed by atoms with Crippen LogP contribution >= 0.6 is 28.7 Å². The van der Waals surface area contributed by atoms with Crippen LogP contribution in [0.3, 0.4) is 0 Å². The van der Waals surface area contributed by atoms with Gasteiger partial charge in [-0.25, -0.2) is 0 Å². The number of hydrogen-bond donors (Lipinski definition) is 0. The summed E-state index contributed by atoms with van der Waals surface area (Å²) in [6.07, 6.45) is 0. The van der Waals surface area contributed by atoms with Gasteiger partial charge in [-0.05, 0) is 29.8 Å². The second kappa shape index (κ2) is 9.63. The van der Waals surface area contributed by atoms with E-state index in [4.69, 9.17) is 4.74 Å². The van der Waals surface area contributed by atoms with E-state index in [0.29, 0.717) is 18.7 Å². The fourth-order valence-corrected chi connectivity index (χ4v) is 3.41. The maximum absolute atomic E-state index is 12.7.